The van der Waals surface area contributed by atoms with Crippen LogP contribution in [-0.2, 0) is 21.5 Å². The normalized spacial score (nSPS) is 15.0. The molecule has 1 heterocycles. The van der Waals surface area contributed by atoms with Crippen LogP contribution in [0.15, 0.2) is 88.7 Å². The molecule has 4 aromatic rings. The zero-order chi connectivity index (χ0) is 27.0. The second kappa shape index (κ2) is 10.4. The lowest BCUT2D eigenvalue weighted by molar-refractivity contribution is -0.123. The average Bonchev–Trinajstić information content (AvgIpc) is 3.15. The van der Waals surface area contributed by atoms with Crippen LogP contribution in [0.4, 0.5) is 9.18 Å². The number of amides is 2. The van der Waals surface area contributed by atoms with Crippen molar-refractivity contribution in [3.05, 3.63) is 111 Å². The van der Waals surface area contributed by atoms with Gasteiger partial charge in [0.2, 0.25) is 0 Å². The summed E-state index contributed by atoms with van der Waals surface area (Å²) >= 11 is 12.6. The van der Waals surface area contributed by atoms with E-state index in [0.717, 1.165) is 10.3 Å². The number of nitrogens with zero attached hydrogens (tertiary/aromatic N) is 1. The van der Waals surface area contributed by atoms with Crippen molar-refractivity contribution in [1.29, 1.82) is 0 Å². The Labute approximate surface area is 231 Å². The number of hydrogen-bond acceptors (Lipinski definition) is 6. The Kier molecular flexibility index (Phi) is 7.19. The maximum Gasteiger partial charge on any atom is 0.339 e. The van der Waals surface area contributed by atoms with Gasteiger partial charge in [-0.1, -0.05) is 59.6 Å². The van der Waals surface area contributed by atoms with Crippen molar-refractivity contribution in [2.45, 2.75) is 11.4 Å². The molecule has 0 atom stereocenters. The number of carbonyl (C=O) groups is 2. The minimum atomic E-state index is -4.25. The Morgan fingerprint density at radius 2 is 1.66 bits per heavy atom. The van der Waals surface area contributed by atoms with Crippen molar-refractivity contribution in [2.24, 2.45) is 0 Å². The van der Waals surface area contributed by atoms with Crippen molar-refractivity contribution in [1.82, 2.24) is 4.90 Å². The smallest absolute Gasteiger partial charge is 0.339 e. The average molecular weight is 588 g/mol. The van der Waals surface area contributed by atoms with Crippen LogP contribution in [0.25, 0.3) is 16.8 Å². The van der Waals surface area contributed by atoms with Crippen molar-refractivity contribution >= 4 is 73.1 Å². The van der Waals surface area contributed by atoms with E-state index in [1.165, 1.54) is 54.6 Å². The van der Waals surface area contributed by atoms with Gasteiger partial charge in [-0.3, -0.25) is 14.5 Å². The summed E-state index contributed by atoms with van der Waals surface area (Å²) in [6, 6.07) is 19.9. The van der Waals surface area contributed by atoms with E-state index < -0.39 is 27.1 Å². The molecule has 192 valence electrons. The zero-order valence-corrected chi connectivity index (χ0v) is 22.4. The summed E-state index contributed by atoms with van der Waals surface area (Å²) in [4.78, 5) is 26.7. The highest BCUT2D eigenvalue weighted by molar-refractivity contribution is 8.18. The van der Waals surface area contributed by atoms with E-state index in [1.54, 1.807) is 18.2 Å². The third kappa shape index (κ3) is 5.15. The van der Waals surface area contributed by atoms with Gasteiger partial charge in [-0.2, -0.15) is 8.42 Å². The van der Waals surface area contributed by atoms with Crippen LogP contribution in [-0.4, -0.2) is 24.5 Å². The molecule has 38 heavy (non-hydrogen) atoms. The number of imide groups is 1. The highest BCUT2D eigenvalue weighted by Gasteiger charge is 2.36. The molecule has 2 amide bonds. The van der Waals surface area contributed by atoms with Crippen LogP contribution in [0.1, 0.15) is 11.1 Å². The molecule has 11 heteroatoms. The Bertz CT molecular complexity index is 1720. The van der Waals surface area contributed by atoms with Gasteiger partial charge < -0.3 is 4.18 Å². The van der Waals surface area contributed by atoms with Gasteiger partial charge in [-0.05, 0) is 71.1 Å². The molecule has 0 unspecified atom stereocenters. The minimum absolute atomic E-state index is 0.0148. The molecular weight excluding hydrogens is 572 g/mol. The quantitative estimate of drug-likeness (QED) is 0.174. The van der Waals surface area contributed by atoms with Gasteiger partial charge in [0.15, 0.2) is 5.75 Å². The second-order valence-corrected chi connectivity index (χ2v) is 11.5. The Morgan fingerprint density at radius 3 is 2.39 bits per heavy atom. The molecule has 0 spiro atoms. The predicted octanol–water partition coefficient (Wildman–Crippen LogP) is 7.29. The lowest BCUT2D eigenvalue weighted by Crippen LogP contribution is -2.28. The highest BCUT2D eigenvalue weighted by atomic mass is 35.5. The Morgan fingerprint density at radius 1 is 0.921 bits per heavy atom. The molecule has 1 aliphatic rings. The van der Waals surface area contributed by atoms with Crippen LogP contribution >= 0.6 is 35.0 Å². The summed E-state index contributed by atoms with van der Waals surface area (Å²) < 4.78 is 45.8. The zero-order valence-electron chi connectivity index (χ0n) is 19.2. The summed E-state index contributed by atoms with van der Waals surface area (Å²) in [6.45, 7) is -0.350. The molecule has 0 radical (unpaired) electrons. The van der Waals surface area contributed by atoms with E-state index in [1.807, 2.05) is 12.1 Å². The molecule has 0 N–H and O–H groups in total. The SMILES string of the molecule is O=C1S/C(=C\c2c(OS(=O)(=O)c3ccc(Cl)cc3)ccc3ccccc23)C(=O)N1Cc1c(F)cccc1Cl. The summed E-state index contributed by atoms with van der Waals surface area (Å²) in [5.41, 5.74) is 0.302. The van der Waals surface area contributed by atoms with Gasteiger partial charge in [0.25, 0.3) is 11.1 Å². The van der Waals surface area contributed by atoms with Crippen molar-refractivity contribution in [3.8, 4) is 5.75 Å². The lowest BCUT2D eigenvalue weighted by atomic mass is 10.0. The third-order valence-corrected chi connectivity index (χ3v) is 8.52. The first kappa shape index (κ1) is 26.2. The fraction of sp³-hybridized carbons (Fsp3) is 0.0370. The van der Waals surface area contributed by atoms with Crippen LogP contribution < -0.4 is 4.18 Å². The number of benzene rings is 4. The molecule has 1 fully saturated rings. The standard InChI is InChI=1S/C27H16Cl2FNO5S2/c28-17-9-11-18(12-10-17)38(34,35)36-24-13-8-16-4-1-2-5-19(16)20(24)14-25-26(32)31(27(33)37-25)15-21-22(29)6-3-7-23(21)30/h1-14H,15H2/b25-14-. The summed E-state index contributed by atoms with van der Waals surface area (Å²) in [7, 11) is -4.25. The fourth-order valence-electron chi connectivity index (χ4n) is 3.87. The first-order valence-corrected chi connectivity index (χ1v) is 14.0. The first-order chi connectivity index (χ1) is 18.1. The number of thioether (sulfide) groups is 1. The van der Waals surface area contributed by atoms with Gasteiger partial charge in [0, 0.05) is 21.2 Å². The lowest BCUT2D eigenvalue weighted by Gasteiger charge is -2.14. The fourth-order valence-corrected chi connectivity index (χ4v) is 5.99. The molecule has 0 aromatic heterocycles. The van der Waals surface area contributed by atoms with E-state index in [0.29, 0.717) is 22.2 Å². The van der Waals surface area contributed by atoms with E-state index in [2.05, 4.69) is 0 Å². The van der Waals surface area contributed by atoms with Gasteiger partial charge in [0.1, 0.15) is 10.7 Å². The third-order valence-electron chi connectivity index (χ3n) is 5.76. The van der Waals surface area contributed by atoms with E-state index in [4.69, 9.17) is 27.4 Å². The van der Waals surface area contributed by atoms with E-state index in [-0.39, 0.29) is 38.2 Å². The largest absolute Gasteiger partial charge is 0.378 e. The van der Waals surface area contributed by atoms with Gasteiger partial charge in [-0.15, -0.1) is 0 Å². The number of hydrogen-bond donors (Lipinski definition) is 0. The molecule has 1 aliphatic heterocycles. The topological polar surface area (TPSA) is 80.8 Å². The molecule has 6 nitrogen and oxygen atoms in total. The van der Waals surface area contributed by atoms with Gasteiger partial charge in [-0.25, -0.2) is 4.39 Å². The molecule has 0 aliphatic carbocycles. The van der Waals surface area contributed by atoms with Crippen molar-refractivity contribution < 1.29 is 26.6 Å². The second-order valence-electron chi connectivity index (χ2n) is 8.16. The summed E-state index contributed by atoms with van der Waals surface area (Å²) in [6.07, 6.45) is 1.41. The Hall–Kier alpha value is -3.37. The molecule has 5 rings (SSSR count). The first-order valence-electron chi connectivity index (χ1n) is 11.0. The van der Waals surface area contributed by atoms with Crippen LogP contribution in [0.2, 0.25) is 10.0 Å². The highest BCUT2D eigenvalue weighted by Crippen LogP contribution is 2.38. The molecular formula is C27H16Cl2FNO5S2. The molecule has 1 saturated heterocycles. The molecule has 0 saturated carbocycles. The monoisotopic (exact) mass is 587 g/mol. The van der Waals surface area contributed by atoms with Crippen LogP contribution in [0.5, 0.6) is 5.75 Å². The van der Waals surface area contributed by atoms with Crippen LogP contribution in [0.3, 0.4) is 0 Å². The number of fused-ring (bicyclic) bond motifs is 1. The maximum atomic E-state index is 14.3. The number of rotatable bonds is 6. The number of carbonyl (C=O) groups excluding carboxylic acids is 2. The minimum Gasteiger partial charge on any atom is -0.378 e. The van der Waals surface area contributed by atoms with Gasteiger partial charge in [0.05, 0.1) is 11.4 Å². The van der Waals surface area contributed by atoms with E-state index in [9.17, 15) is 22.4 Å². The van der Waals surface area contributed by atoms with Crippen molar-refractivity contribution in [3.63, 3.8) is 0 Å². The molecule has 0 bridgehead atoms. The van der Waals surface area contributed by atoms with Crippen LogP contribution in [0, 0.1) is 5.82 Å². The van der Waals surface area contributed by atoms with Crippen molar-refractivity contribution in [2.75, 3.05) is 0 Å². The summed E-state index contributed by atoms with van der Waals surface area (Å²) in [5, 5.41) is 1.19. The molecule has 4 aromatic carbocycles. The van der Waals surface area contributed by atoms with Gasteiger partial charge >= 0.3 is 10.1 Å². The van der Waals surface area contributed by atoms with E-state index >= 15 is 0 Å². The predicted molar refractivity (Wildman–Crippen MR) is 146 cm³/mol. The maximum absolute atomic E-state index is 14.3. The summed E-state index contributed by atoms with van der Waals surface area (Å²) in [5.74, 6) is -1.35. The number of halogens is 3. The Balaban J connectivity index is 1.55.